The van der Waals surface area contributed by atoms with E-state index in [-0.39, 0.29) is 12.2 Å². The summed E-state index contributed by atoms with van der Waals surface area (Å²) in [7, 11) is 1.92. The van der Waals surface area contributed by atoms with E-state index >= 15 is 0 Å². The minimum absolute atomic E-state index is 0.0161. The zero-order valence-corrected chi connectivity index (χ0v) is 10.5. The van der Waals surface area contributed by atoms with Gasteiger partial charge in [-0.3, -0.25) is 9.36 Å². The lowest BCUT2D eigenvalue weighted by molar-refractivity contribution is 0.217. The van der Waals surface area contributed by atoms with E-state index in [1.54, 1.807) is 10.9 Å². The molecule has 0 aliphatic carbocycles. The second kappa shape index (κ2) is 5.39. The summed E-state index contributed by atoms with van der Waals surface area (Å²) in [6.45, 7) is 2.06. The van der Waals surface area contributed by atoms with Gasteiger partial charge >= 0.3 is 0 Å². The van der Waals surface area contributed by atoms with Gasteiger partial charge in [0.25, 0.3) is 5.56 Å². The molecule has 0 bridgehead atoms. The average molecular weight is 253 g/mol. The summed E-state index contributed by atoms with van der Waals surface area (Å²) in [6.07, 6.45) is 1.59. The third-order valence-electron chi connectivity index (χ3n) is 2.64. The summed E-state index contributed by atoms with van der Waals surface area (Å²) in [5, 5.41) is 10.7. The normalized spacial score (nSPS) is 11.5. The zero-order valence-electron chi connectivity index (χ0n) is 9.67. The highest BCUT2D eigenvalue weighted by Gasteiger charge is 2.05. The molecule has 0 fully saturated rings. The lowest BCUT2D eigenvalue weighted by Gasteiger charge is -2.15. The second-order valence-corrected chi connectivity index (χ2v) is 4.82. The first kappa shape index (κ1) is 12.2. The molecule has 2 heterocycles. The third-order valence-corrected chi connectivity index (χ3v) is 3.53. The van der Waals surface area contributed by atoms with E-state index in [4.69, 9.17) is 5.11 Å². The maximum Gasteiger partial charge on any atom is 0.271 e. The summed E-state index contributed by atoms with van der Waals surface area (Å²) in [5.41, 5.74) is 0.780. The van der Waals surface area contributed by atoms with Gasteiger partial charge in [0.15, 0.2) is 0 Å². The van der Waals surface area contributed by atoms with Gasteiger partial charge in [-0.25, -0.2) is 4.98 Å². The highest BCUT2D eigenvalue weighted by molar-refractivity contribution is 7.17. The molecule has 0 saturated heterocycles. The Morgan fingerprint density at radius 2 is 2.35 bits per heavy atom. The van der Waals surface area contributed by atoms with Crippen LogP contribution in [0.5, 0.6) is 0 Å². The molecule has 0 aliphatic rings. The molecule has 2 aromatic rings. The van der Waals surface area contributed by atoms with Crippen molar-refractivity contribution < 1.29 is 5.11 Å². The Kier molecular flexibility index (Phi) is 3.88. The maximum absolute atomic E-state index is 12.0. The van der Waals surface area contributed by atoms with E-state index in [0.717, 1.165) is 12.1 Å². The fraction of sp³-hybridized carbons (Fsp3) is 0.455. The first-order valence-corrected chi connectivity index (χ1v) is 6.32. The number of aliphatic hydroxyl groups excluding tert-OH is 1. The standard InChI is InChI=1S/C11H15N3O2S/c1-13(5-6-15)3-4-14-8-12-9-2-7-17-10(9)11(14)16/h2,7-8,15H,3-6H2,1H3. The van der Waals surface area contributed by atoms with Crippen molar-refractivity contribution in [3.05, 3.63) is 28.1 Å². The molecule has 0 aliphatic heterocycles. The number of fused-ring (bicyclic) bond motifs is 1. The quantitative estimate of drug-likeness (QED) is 0.837. The van der Waals surface area contributed by atoms with Gasteiger partial charge in [-0.1, -0.05) is 0 Å². The van der Waals surface area contributed by atoms with E-state index in [1.807, 2.05) is 23.4 Å². The number of hydrogen-bond acceptors (Lipinski definition) is 5. The van der Waals surface area contributed by atoms with Crippen LogP contribution in [0.15, 0.2) is 22.6 Å². The van der Waals surface area contributed by atoms with Crippen molar-refractivity contribution in [3.8, 4) is 0 Å². The van der Waals surface area contributed by atoms with Gasteiger partial charge in [0.2, 0.25) is 0 Å². The van der Waals surface area contributed by atoms with Crippen molar-refractivity contribution in [1.82, 2.24) is 14.5 Å². The minimum Gasteiger partial charge on any atom is -0.395 e. The molecule has 0 spiro atoms. The molecule has 2 rings (SSSR count). The summed E-state index contributed by atoms with van der Waals surface area (Å²) < 4.78 is 2.32. The van der Waals surface area contributed by atoms with Crippen LogP contribution < -0.4 is 5.56 Å². The van der Waals surface area contributed by atoms with Crippen molar-refractivity contribution in [2.75, 3.05) is 26.7 Å². The lowest BCUT2D eigenvalue weighted by Crippen LogP contribution is -2.30. The van der Waals surface area contributed by atoms with Gasteiger partial charge in [0, 0.05) is 19.6 Å². The SMILES string of the molecule is CN(CCO)CCn1cnc2ccsc2c1=O. The maximum atomic E-state index is 12.0. The number of rotatable bonds is 5. The van der Waals surface area contributed by atoms with E-state index in [2.05, 4.69) is 4.98 Å². The van der Waals surface area contributed by atoms with Crippen molar-refractivity contribution in [3.63, 3.8) is 0 Å². The molecule has 92 valence electrons. The fourth-order valence-corrected chi connectivity index (χ4v) is 2.39. The van der Waals surface area contributed by atoms with E-state index in [1.165, 1.54) is 11.3 Å². The van der Waals surface area contributed by atoms with Crippen molar-refractivity contribution in [2.24, 2.45) is 0 Å². The molecule has 0 amide bonds. The van der Waals surface area contributed by atoms with E-state index in [0.29, 0.717) is 17.8 Å². The molecule has 6 heteroatoms. The number of aliphatic hydroxyl groups is 1. The highest BCUT2D eigenvalue weighted by Crippen LogP contribution is 2.12. The Bertz CT molecular complexity index is 549. The van der Waals surface area contributed by atoms with Crippen LogP contribution in [-0.4, -0.2) is 46.3 Å². The summed E-state index contributed by atoms with van der Waals surface area (Å²) in [4.78, 5) is 18.2. The molecule has 1 N–H and O–H groups in total. The Morgan fingerprint density at radius 1 is 1.53 bits per heavy atom. The van der Waals surface area contributed by atoms with Gasteiger partial charge < -0.3 is 10.0 Å². The molecule has 17 heavy (non-hydrogen) atoms. The second-order valence-electron chi connectivity index (χ2n) is 3.90. The van der Waals surface area contributed by atoms with Crippen LogP contribution in [0.3, 0.4) is 0 Å². The smallest absolute Gasteiger partial charge is 0.271 e. The van der Waals surface area contributed by atoms with Gasteiger partial charge in [-0.05, 0) is 18.5 Å². The predicted octanol–water partition coefficient (Wildman–Crippen LogP) is 0.382. The number of aromatic nitrogens is 2. The number of likely N-dealkylation sites (N-methyl/N-ethyl adjacent to an activating group) is 1. The van der Waals surface area contributed by atoms with Crippen molar-refractivity contribution >= 4 is 21.6 Å². The van der Waals surface area contributed by atoms with Crippen LogP contribution in [-0.2, 0) is 6.54 Å². The molecule has 2 aromatic heterocycles. The Hall–Kier alpha value is -1.24. The molecule has 0 unspecified atom stereocenters. The van der Waals surface area contributed by atoms with Gasteiger partial charge in [0.1, 0.15) is 4.70 Å². The third kappa shape index (κ3) is 2.71. The van der Waals surface area contributed by atoms with Gasteiger partial charge in [0.05, 0.1) is 18.5 Å². The fourth-order valence-electron chi connectivity index (χ4n) is 1.60. The minimum atomic E-state index is 0.0161. The lowest BCUT2D eigenvalue weighted by atomic mass is 10.4. The molecule has 0 radical (unpaired) electrons. The van der Waals surface area contributed by atoms with Crippen molar-refractivity contribution in [1.29, 1.82) is 0 Å². The van der Waals surface area contributed by atoms with Crippen LogP contribution in [0.4, 0.5) is 0 Å². The molecular weight excluding hydrogens is 238 g/mol. The van der Waals surface area contributed by atoms with Gasteiger partial charge in [-0.2, -0.15) is 0 Å². The average Bonchev–Trinajstić information content (AvgIpc) is 2.77. The molecular formula is C11H15N3O2S. The molecule has 0 atom stereocenters. The Labute approximate surface area is 103 Å². The van der Waals surface area contributed by atoms with E-state index in [9.17, 15) is 4.79 Å². The Morgan fingerprint density at radius 3 is 3.12 bits per heavy atom. The van der Waals surface area contributed by atoms with Crippen LogP contribution in [0.25, 0.3) is 10.2 Å². The number of thiophene rings is 1. The van der Waals surface area contributed by atoms with Crippen molar-refractivity contribution in [2.45, 2.75) is 6.54 Å². The zero-order chi connectivity index (χ0) is 12.3. The summed E-state index contributed by atoms with van der Waals surface area (Å²) in [6, 6.07) is 1.85. The highest BCUT2D eigenvalue weighted by atomic mass is 32.1. The molecule has 5 nitrogen and oxygen atoms in total. The topological polar surface area (TPSA) is 58.4 Å². The monoisotopic (exact) mass is 253 g/mol. The van der Waals surface area contributed by atoms with Crippen LogP contribution in [0.1, 0.15) is 0 Å². The molecule has 0 aromatic carbocycles. The first-order chi connectivity index (χ1) is 8.22. The Balaban J connectivity index is 2.13. The summed E-state index contributed by atoms with van der Waals surface area (Å²) >= 11 is 1.42. The number of hydrogen-bond donors (Lipinski definition) is 1. The predicted molar refractivity (Wildman–Crippen MR) is 68.5 cm³/mol. The van der Waals surface area contributed by atoms with E-state index < -0.39 is 0 Å². The first-order valence-electron chi connectivity index (χ1n) is 5.44. The van der Waals surface area contributed by atoms with Crippen LogP contribution in [0.2, 0.25) is 0 Å². The van der Waals surface area contributed by atoms with Crippen LogP contribution >= 0.6 is 11.3 Å². The molecule has 0 saturated carbocycles. The largest absolute Gasteiger partial charge is 0.395 e. The van der Waals surface area contributed by atoms with Crippen LogP contribution in [0, 0.1) is 0 Å². The van der Waals surface area contributed by atoms with Gasteiger partial charge in [-0.15, -0.1) is 11.3 Å². The number of nitrogens with zero attached hydrogens (tertiary/aromatic N) is 3. The summed E-state index contributed by atoms with van der Waals surface area (Å²) in [5.74, 6) is 0.